The van der Waals surface area contributed by atoms with Crippen LogP contribution in [0.3, 0.4) is 0 Å². The molecule has 0 atom stereocenters. The van der Waals surface area contributed by atoms with Crippen LogP contribution >= 0.6 is 0 Å². The van der Waals surface area contributed by atoms with E-state index in [0.717, 1.165) is 22.8 Å². The van der Waals surface area contributed by atoms with Gasteiger partial charge in [0.15, 0.2) is 5.65 Å². The molecular formula is C21H11F3N4. The van der Waals surface area contributed by atoms with Gasteiger partial charge in [-0.2, -0.15) is 23.5 Å². The van der Waals surface area contributed by atoms with E-state index in [9.17, 15) is 18.4 Å². The Morgan fingerprint density at radius 3 is 2.36 bits per heavy atom. The third kappa shape index (κ3) is 3.16. The highest BCUT2D eigenvalue weighted by molar-refractivity contribution is 5.92. The Morgan fingerprint density at radius 2 is 1.61 bits per heavy atom. The van der Waals surface area contributed by atoms with Gasteiger partial charge in [-0.1, -0.05) is 36.4 Å². The van der Waals surface area contributed by atoms with Gasteiger partial charge in [0.25, 0.3) is 0 Å². The molecule has 2 heterocycles. The Morgan fingerprint density at radius 1 is 0.857 bits per heavy atom. The molecule has 0 saturated heterocycles. The summed E-state index contributed by atoms with van der Waals surface area (Å²) in [5, 5.41) is 17.4. The lowest BCUT2D eigenvalue weighted by Gasteiger charge is -2.10. The van der Waals surface area contributed by atoms with Gasteiger partial charge in [0.05, 0.1) is 17.8 Å². The number of alkyl halides is 3. The summed E-state index contributed by atoms with van der Waals surface area (Å²) in [6, 6.07) is 19.0. The second kappa shape index (κ2) is 6.74. The largest absolute Gasteiger partial charge is 0.433 e. The monoisotopic (exact) mass is 376 g/mol. The molecule has 0 amide bonds. The van der Waals surface area contributed by atoms with Gasteiger partial charge in [0, 0.05) is 10.9 Å². The number of nitrogens with zero attached hydrogens (tertiary/aromatic N) is 4. The minimum absolute atomic E-state index is 0.0739. The zero-order valence-electron chi connectivity index (χ0n) is 14.3. The molecule has 0 saturated carbocycles. The van der Waals surface area contributed by atoms with Crippen LogP contribution in [-0.2, 0) is 6.18 Å². The lowest BCUT2D eigenvalue weighted by molar-refractivity contribution is -0.141. The maximum Gasteiger partial charge on any atom is 0.433 e. The molecule has 4 aromatic rings. The molecule has 0 aliphatic rings. The normalized spacial score (nSPS) is 11.4. The maximum absolute atomic E-state index is 12.9. The van der Waals surface area contributed by atoms with Crippen molar-refractivity contribution in [2.24, 2.45) is 0 Å². The Labute approximate surface area is 157 Å². The van der Waals surface area contributed by atoms with E-state index in [4.69, 9.17) is 0 Å². The zero-order valence-corrected chi connectivity index (χ0v) is 14.3. The molecule has 4 nitrogen and oxygen atoms in total. The highest BCUT2D eigenvalue weighted by Crippen LogP contribution is 2.33. The van der Waals surface area contributed by atoms with Crippen molar-refractivity contribution in [1.29, 1.82) is 5.26 Å². The highest BCUT2D eigenvalue weighted by atomic mass is 19.4. The van der Waals surface area contributed by atoms with Crippen LogP contribution in [0.25, 0.3) is 33.3 Å². The molecular weight excluding hydrogens is 365 g/mol. The average Bonchev–Trinajstić information content (AvgIpc) is 2.72. The first-order chi connectivity index (χ1) is 13.5. The first kappa shape index (κ1) is 17.6. The number of hydrogen-bond donors (Lipinski definition) is 0. The molecule has 136 valence electrons. The summed E-state index contributed by atoms with van der Waals surface area (Å²) in [6.45, 7) is 0. The fourth-order valence-electron chi connectivity index (χ4n) is 3.02. The first-order valence-corrected chi connectivity index (χ1v) is 8.27. The van der Waals surface area contributed by atoms with Crippen LogP contribution in [0.15, 0.2) is 66.9 Å². The molecule has 2 aromatic heterocycles. The molecule has 4 rings (SSSR count). The van der Waals surface area contributed by atoms with Crippen molar-refractivity contribution in [3.05, 3.63) is 78.1 Å². The lowest BCUT2D eigenvalue weighted by Crippen LogP contribution is -2.08. The van der Waals surface area contributed by atoms with E-state index in [2.05, 4.69) is 21.3 Å². The Balaban J connectivity index is 1.86. The third-order valence-electron chi connectivity index (χ3n) is 4.33. The summed E-state index contributed by atoms with van der Waals surface area (Å²) in [4.78, 5) is 3.60. The topological polar surface area (TPSA) is 62.5 Å². The van der Waals surface area contributed by atoms with E-state index in [1.807, 2.05) is 36.4 Å². The van der Waals surface area contributed by atoms with E-state index < -0.39 is 11.9 Å². The Kier molecular flexibility index (Phi) is 4.24. The molecule has 0 radical (unpaired) electrons. The number of benzene rings is 2. The molecule has 7 heteroatoms. The van der Waals surface area contributed by atoms with Crippen molar-refractivity contribution >= 4 is 11.0 Å². The van der Waals surface area contributed by atoms with Crippen molar-refractivity contribution in [1.82, 2.24) is 15.2 Å². The van der Waals surface area contributed by atoms with Crippen molar-refractivity contribution in [2.45, 2.75) is 6.18 Å². The molecule has 2 aromatic carbocycles. The third-order valence-corrected chi connectivity index (χ3v) is 4.33. The number of fused-ring (bicyclic) bond motifs is 1. The van der Waals surface area contributed by atoms with E-state index in [-0.39, 0.29) is 5.65 Å². The predicted molar refractivity (Wildman–Crippen MR) is 97.9 cm³/mol. The Bertz CT molecular complexity index is 1230. The van der Waals surface area contributed by atoms with E-state index >= 15 is 0 Å². The van der Waals surface area contributed by atoms with Crippen molar-refractivity contribution in [2.75, 3.05) is 0 Å². The summed E-state index contributed by atoms with van der Waals surface area (Å²) >= 11 is 0. The molecule has 0 unspecified atom stereocenters. The van der Waals surface area contributed by atoms with Crippen LogP contribution < -0.4 is 0 Å². The molecule has 0 N–H and O–H groups in total. The van der Waals surface area contributed by atoms with Gasteiger partial charge in [0.1, 0.15) is 5.69 Å². The fourth-order valence-corrected chi connectivity index (χ4v) is 3.02. The van der Waals surface area contributed by atoms with Gasteiger partial charge >= 0.3 is 6.18 Å². The zero-order chi connectivity index (χ0) is 19.7. The fraction of sp³-hybridized carbons (Fsp3) is 0.0476. The van der Waals surface area contributed by atoms with Gasteiger partial charge in [-0.15, -0.1) is 5.10 Å². The molecule has 0 aliphatic carbocycles. The molecule has 0 spiro atoms. The SMILES string of the molecule is N#Cc1ccccc1-c1cccc(-c2cnnc3nc(C(F)(F)F)ccc23)c1. The standard InChI is InChI=1S/C21H11F3N4/c22-21(23,24)19-9-8-17-18(12-26-28-20(17)27-19)14-6-3-5-13(10-14)16-7-2-1-4-15(16)11-25/h1-10,12H. The van der Waals surface area contributed by atoms with Crippen LogP contribution in [0.2, 0.25) is 0 Å². The van der Waals surface area contributed by atoms with Gasteiger partial charge in [-0.05, 0) is 41.0 Å². The summed E-state index contributed by atoms with van der Waals surface area (Å²) in [6.07, 6.45) is -3.06. The van der Waals surface area contributed by atoms with Gasteiger partial charge < -0.3 is 0 Å². The van der Waals surface area contributed by atoms with Crippen LogP contribution in [0, 0.1) is 11.3 Å². The molecule has 0 fully saturated rings. The number of rotatable bonds is 2. The quantitative estimate of drug-likeness (QED) is 0.479. The highest BCUT2D eigenvalue weighted by Gasteiger charge is 2.32. The number of nitriles is 1. The number of aromatic nitrogens is 3. The van der Waals surface area contributed by atoms with Crippen molar-refractivity contribution in [3.8, 4) is 28.3 Å². The lowest BCUT2D eigenvalue weighted by atomic mass is 9.96. The van der Waals surface area contributed by atoms with Crippen molar-refractivity contribution < 1.29 is 13.2 Å². The summed E-state index contributed by atoms with van der Waals surface area (Å²) in [7, 11) is 0. The van der Waals surface area contributed by atoms with E-state index in [1.54, 1.807) is 12.1 Å². The maximum atomic E-state index is 12.9. The smallest absolute Gasteiger partial charge is 0.222 e. The number of hydrogen-bond acceptors (Lipinski definition) is 4. The molecule has 0 aliphatic heterocycles. The summed E-state index contributed by atoms with van der Waals surface area (Å²) in [5.41, 5.74) is 2.40. The van der Waals surface area contributed by atoms with Crippen molar-refractivity contribution in [3.63, 3.8) is 0 Å². The van der Waals surface area contributed by atoms with Crippen LogP contribution in [-0.4, -0.2) is 15.2 Å². The van der Waals surface area contributed by atoms with E-state index in [0.29, 0.717) is 16.5 Å². The number of pyridine rings is 1. The van der Waals surface area contributed by atoms with Crippen LogP contribution in [0.5, 0.6) is 0 Å². The van der Waals surface area contributed by atoms with Gasteiger partial charge in [-0.25, -0.2) is 4.98 Å². The summed E-state index contributed by atoms with van der Waals surface area (Å²) in [5.74, 6) is 0. The second-order valence-corrected chi connectivity index (χ2v) is 6.06. The average molecular weight is 376 g/mol. The molecule has 0 bridgehead atoms. The van der Waals surface area contributed by atoms with Crippen LogP contribution in [0.1, 0.15) is 11.3 Å². The van der Waals surface area contributed by atoms with Crippen LogP contribution in [0.4, 0.5) is 13.2 Å². The Hall–Kier alpha value is -3.79. The summed E-state index contributed by atoms with van der Waals surface area (Å²) < 4.78 is 38.7. The second-order valence-electron chi connectivity index (χ2n) is 6.06. The minimum atomic E-state index is -4.55. The van der Waals surface area contributed by atoms with Gasteiger partial charge in [0.2, 0.25) is 0 Å². The first-order valence-electron chi connectivity index (χ1n) is 8.27. The van der Waals surface area contributed by atoms with E-state index in [1.165, 1.54) is 12.3 Å². The number of halogens is 3. The van der Waals surface area contributed by atoms with Gasteiger partial charge in [-0.3, -0.25) is 0 Å². The minimum Gasteiger partial charge on any atom is -0.222 e. The molecule has 28 heavy (non-hydrogen) atoms. The predicted octanol–water partition coefficient (Wildman–Crippen LogP) is 5.25.